The van der Waals surface area contributed by atoms with E-state index in [-0.39, 0.29) is 5.65 Å². The second kappa shape index (κ2) is 3.60. The molecule has 2 aromatic heterocycles. The molecule has 0 aromatic carbocycles. The van der Waals surface area contributed by atoms with Gasteiger partial charge in [0.05, 0.1) is 17.6 Å². The molecule has 0 atom stereocenters. The van der Waals surface area contributed by atoms with Crippen molar-refractivity contribution in [3.8, 4) is 0 Å². The van der Waals surface area contributed by atoms with Gasteiger partial charge in [-0.1, -0.05) is 20.8 Å². The van der Waals surface area contributed by atoms with E-state index in [0.717, 1.165) is 10.6 Å². The van der Waals surface area contributed by atoms with E-state index < -0.39 is 17.3 Å². The first-order valence-electron chi connectivity index (χ1n) is 5.32. The minimum Gasteiger partial charge on any atom is -0.396 e. The standard InChI is InChI=1S/C11H13F3N4/c1-10(2,3)9-6(15)5-16-8-4-7(11(12,13)14)17-18(8)9/h4-5H,15H2,1-3H3. The summed E-state index contributed by atoms with van der Waals surface area (Å²) in [5, 5.41) is 3.56. The zero-order valence-electron chi connectivity index (χ0n) is 10.2. The normalized spacial score (nSPS) is 13.2. The van der Waals surface area contributed by atoms with Crippen LogP contribution in [0.4, 0.5) is 18.9 Å². The van der Waals surface area contributed by atoms with Gasteiger partial charge < -0.3 is 5.73 Å². The Hall–Kier alpha value is -1.79. The molecule has 0 spiro atoms. The summed E-state index contributed by atoms with van der Waals surface area (Å²) >= 11 is 0. The van der Waals surface area contributed by atoms with Crippen molar-refractivity contribution in [1.82, 2.24) is 14.6 Å². The van der Waals surface area contributed by atoms with Crippen LogP contribution >= 0.6 is 0 Å². The molecule has 0 unspecified atom stereocenters. The summed E-state index contributed by atoms with van der Waals surface area (Å²) in [6.07, 6.45) is -3.13. The lowest BCUT2D eigenvalue weighted by atomic mass is 9.91. The van der Waals surface area contributed by atoms with Crippen molar-refractivity contribution in [3.05, 3.63) is 23.7 Å². The largest absolute Gasteiger partial charge is 0.435 e. The van der Waals surface area contributed by atoms with Gasteiger partial charge in [0, 0.05) is 11.5 Å². The smallest absolute Gasteiger partial charge is 0.396 e. The van der Waals surface area contributed by atoms with Crippen LogP contribution in [0.25, 0.3) is 5.65 Å². The van der Waals surface area contributed by atoms with Crippen molar-refractivity contribution in [3.63, 3.8) is 0 Å². The average Bonchev–Trinajstić information content (AvgIpc) is 2.57. The van der Waals surface area contributed by atoms with Gasteiger partial charge in [-0.15, -0.1) is 0 Å². The summed E-state index contributed by atoms with van der Waals surface area (Å²) in [6, 6.07) is 0.911. The van der Waals surface area contributed by atoms with Gasteiger partial charge in [-0.25, -0.2) is 9.50 Å². The minimum absolute atomic E-state index is 0.140. The Bertz CT molecular complexity index is 593. The van der Waals surface area contributed by atoms with Gasteiger partial charge in [0.1, 0.15) is 0 Å². The molecule has 7 heteroatoms. The predicted molar refractivity (Wildman–Crippen MR) is 61.1 cm³/mol. The van der Waals surface area contributed by atoms with Crippen LogP contribution in [0.2, 0.25) is 0 Å². The van der Waals surface area contributed by atoms with Crippen molar-refractivity contribution in [1.29, 1.82) is 0 Å². The van der Waals surface area contributed by atoms with Crippen molar-refractivity contribution < 1.29 is 13.2 Å². The van der Waals surface area contributed by atoms with Crippen LogP contribution in [0, 0.1) is 0 Å². The fraction of sp³-hybridized carbons (Fsp3) is 0.455. The molecule has 0 aliphatic heterocycles. The molecule has 2 rings (SSSR count). The highest BCUT2D eigenvalue weighted by Gasteiger charge is 2.35. The molecule has 0 fully saturated rings. The molecule has 98 valence electrons. The Morgan fingerprint density at radius 2 is 1.83 bits per heavy atom. The Kier molecular flexibility index (Phi) is 2.53. The molecular formula is C11H13F3N4. The highest BCUT2D eigenvalue weighted by Crippen LogP contribution is 2.32. The first-order chi connectivity index (χ1) is 8.10. The van der Waals surface area contributed by atoms with E-state index in [1.54, 1.807) is 0 Å². The SMILES string of the molecule is CC(C)(C)c1c(N)cnc2cc(C(F)(F)F)nn12. The van der Waals surface area contributed by atoms with E-state index in [4.69, 9.17) is 5.73 Å². The molecule has 0 radical (unpaired) electrons. The minimum atomic E-state index is -4.49. The average molecular weight is 258 g/mol. The molecule has 0 saturated heterocycles. The summed E-state index contributed by atoms with van der Waals surface area (Å²) in [4.78, 5) is 3.86. The van der Waals surface area contributed by atoms with Gasteiger partial charge in [0.2, 0.25) is 0 Å². The van der Waals surface area contributed by atoms with Crippen LogP contribution in [0.3, 0.4) is 0 Å². The molecular weight excluding hydrogens is 245 g/mol. The Morgan fingerprint density at radius 3 is 2.33 bits per heavy atom. The number of fused-ring (bicyclic) bond motifs is 1. The highest BCUT2D eigenvalue weighted by molar-refractivity contribution is 5.52. The lowest BCUT2D eigenvalue weighted by Crippen LogP contribution is -2.20. The number of aromatic nitrogens is 3. The van der Waals surface area contributed by atoms with Crippen LogP contribution in [-0.2, 0) is 11.6 Å². The number of rotatable bonds is 0. The molecule has 2 N–H and O–H groups in total. The predicted octanol–water partition coefficient (Wildman–Crippen LogP) is 2.63. The molecule has 0 aliphatic carbocycles. The molecule has 0 aliphatic rings. The van der Waals surface area contributed by atoms with Gasteiger partial charge in [-0.3, -0.25) is 0 Å². The van der Waals surface area contributed by atoms with E-state index in [2.05, 4.69) is 10.1 Å². The number of alkyl halides is 3. The lowest BCUT2D eigenvalue weighted by molar-refractivity contribution is -0.141. The maximum Gasteiger partial charge on any atom is 0.435 e. The van der Waals surface area contributed by atoms with Crippen LogP contribution in [0.15, 0.2) is 12.3 Å². The summed E-state index contributed by atoms with van der Waals surface area (Å²) < 4.78 is 39.0. The topological polar surface area (TPSA) is 56.2 Å². The second-order valence-electron chi connectivity index (χ2n) is 5.11. The number of nitrogens with zero attached hydrogens (tertiary/aromatic N) is 3. The maximum atomic E-state index is 12.6. The number of nitrogen functional groups attached to an aromatic ring is 1. The summed E-state index contributed by atoms with van der Waals surface area (Å²) in [5.74, 6) is 0. The van der Waals surface area contributed by atoms with Gasteiger partial charge in [0.25, 0.3) is 0 Å². The zero-order chi connectivity index (χ0) is 13.7. The molecule has 18 heavy (non-hydrogen) atoms. The van der Waals surface area contributed by atoms with Crippen molar-refractivity contribution in [2.75, 3.05) is 5.73 Å². The zero-order valence-corrected chi connectivity index (χ0v) is 10.2. The van der Waals surface area contributed by atoms with Crippen molar-refractivity contribution in [2.45, 2.75) is 32.4 Å². The fourth-order valence-electron chi connectivity index (χ4n) is 1.84. The molecule has 0 amide bonds. The van der Waals surface area contributed by atoms with Gasteiger partial charge in [0.15, 0.2) is 11.3 Å². The number of hydrogen-bond donors (Lipinski definition) is 1. The molecule has 4 nitrogen and oxygen atoms in total. The maximum absolute atomic E-state index is 12.6. The van der Waals surface area contributed by atoms with Gasteiger partial charge >= 0.3 is 6.18 Å². The number of halogens is 3. The van der Waals surface area contributed by atoms with E-state index >= 15 is 0 Å². The Labute approximate surface area is 102 Å². The molecule has 0 bridgehead atoms. The van der Waals surface area contributed by atoms with E-state index in [0.29, 0.717) is 11.4 Å². The Balaban J connectivity index is 2.78. The van der Waals surface area contributed by atoms with E-state index in [1.807, 2.05) is 20.8 Å². The van der Waals surface area contributed by atoms with Gasteiger partial charge in [-0.2, -0.15) is 18.3 Å². The summed E-state index contributed by atoms with van der Waals surface area (Å²) in [6.45, 7) is 5.56. The van der Waals surface area contributed by atoms with Gasteiger partial charge in [-0.05, 0) is 0 Å². The van der Waals surface area contributed by atoms with Crippen molar-refractivity contribution >= 4 is 11.3 Å². The first-order valence-corrected chi connectivity index (χ1v) is 5.32. The van der Waals surface area contributed by atoms with Crippen LogP contribution < -0.4 is 5.73 Å². The number of anilines is 1. The summed E-state index contributed by atoms with van der Waals surface area (Å²) in [7, 11) is 0. The summed E-state index contributed by atoms with van der Waals surface area (Å²) in [5.41, 5.74) is 5.37. The van der Waals surface area contributed by atoms with Crippen LogP contribution in [0.1, 0.15) is 32.2 Å². The third-order valence-electron chi connectivity index (χ3n) is 2.51. The number of hydrogen-bond acceptors (Lipinski definition) is 3. The lowest BCUT2D eigenvalue weighted by Gasteiger charge is -2.21. The molecule has 2 heterocycles. The highest BCUT2D eigenvalue weighted by atomic mass is 19.4. The first kappa shape index (κ1) is 12.7. The van der Waals surface area contributed by atoms with Crippen molar-refractivity contribution in [2.24, 2.45) is 0 Å². The third kappa shape index (κ3) is 2.00. The van der Waals surface area contributed by atoms with Crippen LogP contribution in [-0.4, -0.2) is 14.6 Å². The molecule has 2 aromatic rings. The van der Waals surface area contributed by atoms with E-state index in [1.165, 1.54) is 6.20 Å². The van der Waals surface area contributed by atoms with Crippen LogP contribution in [0.5, 0.6) is 0 Å². The second-order valence-corrected chi connectivity index (χ2v) is 5.11. The quantitative estimate of drug-likeness (QED) is 0.790. The monoisotopic (exact) mass is 258 g/mol. The number of nitrogens with two attached hydrogens (primary N) is 1. The third-order valence-corrected chi connectivity index (χ3v) is 2.51. The Morgan fingerprint density at radius 1 is 1.22 bits per heavy atom. The van der Waals surface area contributed by atoms with E-state index in [9.17, 15) is 13.2 Å². The molecule has 0 saturated carbocycles. The fourth-order valence-corrected chi connectivity index (χ4v) is 1.84.